The first kappa shape index (κ1) is 30.1. The maximum absolute atomic E-state index is 6.10. The summed E-state index contributed by atoms with van der Waals surface area (Å²) in [4.78, 5) is 0.241. The molecule has 0 heterocycles. The zero-order chi connectivity index (χ0) is 24.3. The van der Waals surface area contributed by atoms with Gasteiger partial charge in [-0.05, 0) is 106 Å². The Balaban J connectivity index is 2.35. The van der Waals surface area contributed by atoms with Crippen LogP contribution in [0.25, 0.3) is 0 Å². The lowest BCUT2D eigenvalue weighted by Crippen LogP contribution is -2.27. The smallest absolute Gasteiger partial charge is 0.147 e. The molecule has 0 radical (unpaired) electrons. The molecule has 0 saturated heterocycles. The van der Waals surface area contributed by atoms with Gasteiger partial charge in [0.2, 0.25) is 0 Å². The van der Waals surface area contributed by atoms with Crippen molar-refractivity contribution in [1.29, 1.82) is 0 Å². The number of rotatable bonds is 10. The third kappa shape index (κ3) is 7.94. The number of alkyl halides is 4. The van der Waals surface area contributed by atoms with Gasteiger partial charge in [0.25, 0.3) is 0 Å². The molecule has 2 nitrogen and oxygen atoms in total. The maximum Gasteiger partial charge on any atom is 0.147 e. The second-order valence-corrected chi connectivity index (χ2v) is 15.9. The summed E-state index contributed by atoms with van der Waals surface area (Å²) in [6.07, 6.45) is 0. The van der Waals surface area contributed by atoms with Crippen LogP contribution in [0.15, 0.2) is 42.2 Å². The highest BCUT2D eigenvalue weighted by Crippen LogP contribution is 2.44. The van der Waals surface area contributed by atoms with Crippen LogP contribution in [0.2, 0.25) is 0 Å². The Bertz CT molecular complexity index is 900. The molecule has 10 heteroatoms. The van der Waals surface area contributed by atoms with E-state index in [0.717, 1.165) is 51.2 Å². The van der Waals surface area contributed by atoms with E-state index in [0.29, 0.717) is 13.2 Å². The van der Waals surface area contributed by atoms with E-state index in [1.165, 1.54) is 0 Å². The Morgan fingerprint density at radius 3 is 1.56 bits per heavy atom. The summed E-state index contributed by atoms with van der Waals surface area (Å²) in [6.45, 7) is 7.59. The third-order valence-electron chi connectivity index (χ3n) is 4.81. The molecule has 0 spiro atoms. The SMILES string of the molecule is CC(Br)(CBr)COc1c(Br)cc(C(C)(C)c2cc(Br)c(OCC(Br)CBr)c(Br)c2)cc1Br. The van der Waals surface area contributed by atoms with Crippen molar-refractivity contribution in [3.8, 4) is 11.5 Å². The summed E-state index contributed by atoms with van der Waals surface area (Å²) < 4.78 is 15.6. The predicted molar refractivity (Wildman–Crippen MR) is 164 cm³/mol. The molecular formula is C22H22Br8O2. The minimum atomic E-state index is -0.263. The zero-order valence-corrected chi connectivity index (χ0v) is 30.2. The van der Waals surface area contributed by atoms with E-state index in [-0.39, 0.29) is 14.6 Å². The van der Waals surface area contributed by atoms with Crippen LogP contribution < -0.4 is 9.47 Å². The lowest BCUT2D eigenvalue weighted by atomic mass is 9.78. The van der Waals surface area contributed by atoms with E-state index in [1.807, 2.05) is 0 Å². The van der Waals surface area contributed by atoms with Gasteiger partial charge in [-0.25, -0.2) is 0 Å². The van der Waals surface area contributed by atoms with E-state index in [4.69, 9.17) is 9.47 Å². The van der Waals surface area contributed by atoms with Crippen LogP contribution in [0, 0.1) is 0 Å². The topological polar surface area (TPSA) is 18.5 Å². The lowest BCUT2D eigenvalue weighted by molar-refractivity contribution is 0.289. The van der Waals surface area contributed by atoms with E-state index in [9.17, 15) is 0 Å². The lowest BCUT2D eigenvalue weighted by Gasteiger charge is -2.29. The number of hydrogen-bond donors (Lipinski definition) is 0. The van der Waals surface area contributed by atoms with Gasteiger partial charge in [-0.1, -0.05) is 77.6 Å². The summed E-state index contributed by atoms with van der Waals surface area (Å²) in [5.41, 5.74) is 2.04. The van der Waals surface area contributed by atoms with E-state index >= 15 is 0 Å². The predicted octanol–water partition coefficient (Wildman–Crippen LogP) is 10.5. The Morgan fingerprint density at radius 2 is 1.19 bits per heavy atom. The normalized spacial score (nSPS) is 14.7. The molecule has 0 N–H and O–H groups in total. The van der Waals surface area contributed by atoms with Crippen molar-refractivity contribution in [2.75, 3.05) is 23.9 Å². The number of benzene rings is 2. The molecular weight excluding hydrogens is 935 g/mol. The highest BCUT2D eigenvalue weighted by atomic mass is 79.9. The summed E-state index contributed by atoms with van der Waals surface area (Å²) >= 11 is 29.0. The van der Waals surface area contributed by atoms with Crippen LogP contribution >= 0.6 is 127 Å². The molecule has 0 saturated carbocycles. The Kier molecular flexibility index (Phi) is 12.1. The molecule has 0 fully saturated rings. The van der Waals surface area contributed by atoms with Crippen molar-refractivity contribution in [2.24, 2.45) is 0 Å². The minimum absolute atomic E-state index is 0.143. The fourth-order valence-corrected chi connectivity index (χ4v) is 6.19. The highest BCUT2D eigenvalue weighted by Gasteiger charge is 2.28. The molecule has 0 amide bonds. The van der Waals surface area contributed by atoms with Crippen molar-refractivity contribution >= 4 is 127 Å². The molecule has 178 valence electrons. The second kappa shape index (κ2) is 12.9. The van der Waals surface area contributed by atoms with Gasteiger partial charge in [0, 0.05) is 16.1 Å². The molecule has 0 aliphatic rings. The van der Waals surface area contributed by atoms with Gasteiger partial charge in [-0.3, -0.25) is 0 Å². The van der Waals surface area contributed by atoms with Gasteiger partial charge in [0.15, 0.2) is 0 Å². The maximum atomic E-state index is 6.10. The van der Waals surface area contributed by atoms with Crippen molar-refractivity contribution < 1.29 is 9.47 Å². The van der Waals surface area contributed by atoms with Crippen LogP contribution in [-0.2, 0) is 5.41 Å². The average molecular weight is 958 g/mol. The second-order valence-electron chi connectivity index (χ2n) is 8.06. The van der Waals surface area contributed by atoms with Crippen molar-refractivity contribution in [3.63, 3.8) is 0 Å². The molecule has 0 aliphatic carbocycles. The highest BCUT2D eigenvalue weighted by molar-refractivity contribution is 9.12. The number of ether oxygens (including phenoxy) is 2. The first-order valence-corrected chi connectivity index (χ1v) is 16.6. The summed E-state index contributed by atoms with van der Waals surface area (Å²) in [5.74, 6) is 1.59. The summed E-state index contributed by atoms with van der Waals surface area (Å²) in [5, 5.41) is 1.61. The molecule has 2 atom stereocenters. The largest absolute Gasteiger partial charge is 0.490 e. The van der Waals surface area contributed by atoms with Crippen molar-refractivity contribution in [1.82, 2.24) is 0 Å². The minimum Gasteiger partial charge on any atom is -0.490 e. The van der Waals surface area contributed by atoms with Gasteiger partial charge in [0.05, 0.1) is 27.0 Å². The Labute approximate surface area is 257 Å². The van der Waals surface area contributed by atoms with Crippen LogP contribution in [0.4, 0.5) is 0 Å². The van der Waals surface area contributed by atoms with Gasteiger partial charge in [-0.2, -0.15) is 0 Å². The van der Waals surface area contributed by atoms with Crippen LogP contribution in [0.5, 0.6) is 11.5 Å². The standard InChI is InChI=1S/C22H22Br8O2/c1-21(2,12-4-15(26)19(16(27)5-12)31-9-14(25)8-23)13-6-17(28)20(18(29)7-13)32-11-22(3,30)10-24/h4-7,14H,8-11H2,1-3H3. The van der Waals surface area contributed by atoms with E-state index in [2.05, 4.69) is 172 Å². The van der Waals surface area contributed by atoms with Crippen LogP contribution in [-0.4, -0.2) is 33.0 Å². The average Bonchev–Trinajstić information content (AvgIpc) is 2.71. The van der Waals surface area contributed by atoms with Gasteiger partial charge < -0.3 is 9.47 Å². The Hall–Kier alpha value is 1.88. The van der Waals surface area contributed by atoms with Crippen molar-refractivity contribution in [2.45, 2.75) is 35.3 Å². The molecule has 0 bridgehead atoms. The number of hydrogen-bond acceptors (Lipinski definition) is 2. The zero-order valence-electron chi connectivity index (χ0n) is 17.6. The van der Waals surface area contributed by atoms with Gasteiger partial charge in [0.1, 0.15) is 24.7 Å². The fourth-order valence-electron chi connectivity index (χ4n) is 2.76. The molecule has 32 heavy (non-hydrogen) atoms. The molecule has 0 aromatic heterocycles. The Morgan fingerprint density at radius 1 is 0.781 bits per heavy atom. The quantitative estimate of drug-likeness (QED) is 0.221. The summed E-state index contributed by atoms with van der Waals surface area (Å²) in [6, 6.07) is 8.49. The molecule has 0 aliphatic heterocycles. The van der Waals surface area contributed by atoms with Gasteiger partial charge >= 0.3 is 0 Å². The van der Waals surface area contributed by atoms with E-state index in [1.54, 1.807) is 0 Å². The number of halogens is 8. The monoisotopic (exact) mass is 950 g/mol. The fraction of sp³-hybridized carbons (Fsp3) is 0.455. The molecule has 2 unspecified atom stereocenters. The first-order valence-electron chi connectivity index (χ1n) is 9.52. The third-order valence-corrected chi connectivity index (χ3v) is 11.9. The van der Waals surface area contributed by atoms with Crippen LogP contribution in [0.1, 0.15) is 31.9 Å². The molecule has 2 aromatic carbocycles. The van der Waals surface area contributed by atoms with E-state index < -0.39 is 0 Å². The molecule has 2 rings (SSSR count). The van der Waals surface area contributed by atoms with Crippen molar-refractivity contribution in [3.05, 3.63) is 53.3 Å². The van der Waals surface area contributed by atoms with Crippen LogP contribution in [0.3, 0.4) is 0 Å². The summed E-state index contributed by atoms with van der Waals surface area (Å²) in [7, 11) is 0. The first-order chi connectivity index (χ1) is 14.8. The molecule has 2 aromatic rings. The van der Waals surface area contributed by atoms with Gasteiger partial charge in [-0.15, -0.1) is 0 Å².